The van der Waals surface area contributed by atoms with Crippen LogP contribution in [0, 0.1) is 23.7 Å². The van der Waals surface area contributed by atoms with Gasteiger partial charge in [0.05, 0.1) is 0 Å². The van der Waals surface area contributed by atoms with Crippen LogP contribution in [0.4, 0.5) is 0 Å². The lowest BCUT2D eigenvalue weighted by atomic mass is 9.67. The van der Waals surface area contributed by atoms with Crippen molar-refractivity contribution < 1.29 is 4.79 Å². The van der Waals surface area contributed by atoms with Gasteiger partial charge >= 0.3 is 0 Å². The number of amides is 1. The summed E-state index contributed by atoms with van der Waals surface area (Å²) in [7, 11) is 0. The van der Waals surface area contributed by atoms with Crippen molar-refractivity contribution in [3.63, 3.8) is 0 Å². The first kappa shape index (κ1) is 15.3. The van der Waals surface area contributed by atoms with E-state index in [0.29, 0.717) is 17.7 Å². The summed E-state index contributed by atoms with van der Waals surface area (Å²) in [4.78, 5) is 15.0. The Morgan fingerprint density at radius 3 is 2.57 bits per heavy atom. The summed E-state index contributed by atoms with van der Waals surface area (Å²) in [5.74, 6) is 3.05. The molecule has 0 aromatic rings. The van der Waals surface area contributed by atoms with Crippen LogP contribution in [0.15, 0.2) is 0 Å². The van der Waals surface area contributed by atoms with Gasteiger partial charge in [0.15, 0.2) is 0 Å². The minimum Gasteiger partial charge on any atom is -0.342 e. The van der Waals surface area contributed by atoms with Gasteiger partial charge < -0.3 is 10.6 Å². The van der Waals surface area contributed by atoms with Crippen molar-refractivity contribution in [1.29, 1.82) is 0 Å². The fraction of sp³-hybridized carbons (Fsp3) is 0.944. The molecule has 3 rings (SSSR count). The minimum atomic E-state index is 0.217. The molecular weight excluding hydrogens is 260 g/mol. The highest BCUT2D eigenvalue weighted by atomic mass is 16.2. The van der Waals surface area contributed by atoms with Gasteiger partial charge in [-0.2, -0.15) is 0 Å². The zero-order chi connectivity index (χ0) is 14.8. The van der Waals surface area contributed by atoms with Crippen LogP contribution in [-0.4, -0.2) is 29.9 Å². The van der Waals surface area contributed by atoms with Crippen LogP contribution in [0.2, 0.25) is 0 Å². The molecule has 120 valence electrons. The molecule has 0 spiro atoms. The fourth-order valence-corrected chi connectivity index (χ4v) is 5.00. The van der Waals surface area contributed by atoms with Gasteiger partial charge in [-0.25, -0.2) is 0 Å². The van der Waals surface area contributed by atoms with Crippen molar-refractivity contribution in [2.24, 2.45) is 29.4 Å². The van der Waals surface area contributed by atoms with Crippen molar-refractivity contribution >= 4 is 5.91 Å². The molecule has 2 aliphatic carbocycles. The fourth-order valence-electron chi connectivity index (χ4n) is 5.00. The van der Waals surface area contributed by atoms with Gasteiger partial charge in [0.25, 0.3) is 0 Å². The Morgan fingerprint density at radius 2 is 1.81 bits per heavy atom. The standard InChI is InChI=1S/C18H32N2O/c1-13(19)17-7-4-10-20(12-17)18(21)16-9-8-14-5-2-3-6-15(14)11-16/h13-17H,2-12,19H2,1H3. The summed E-state index contributed by atoms with van der Waals surface area (Å²) < 4.78 is 0. The van der Waals surface area contributed by atoms with Gasteiger partial charge in [0, 0.05) is 25.0 Å². The first-order chi connectivity index (χ1) is 10.1. The van der Waals surface area contributed by atoms with Crippen LogP contribution in [0.25, 0.3) is 0 Å². The Balaban J connectivity index is 1.57. The molecule has 1 saturated heterocycles. The summed E-state index contributed by atoms with van der Waals surface area (Å²) in [5, 5.41) is 0. The second-order valence-corrected chi connectivity index (χ2v) is 7.86. The molecule has 1 aliphatic heterocycles. The van der Waals surface area contributed by atoms with Crippen LogP contribution in [0.5, 0.6) is 0 Å². The normalized spacial score (nSPS) is 38.7. The third-order valence-electron chi connectivity index (χ3n) is 6.40. The maximum Gasteiger partial charge on any atom is 0.225 e. The smallest absolute Gasteiger partial charge is 0.225 e. The average Bonchev–Trinajstić information content (AvgIpc) is 2.53. The molecule has 3 nitrogen and oxygen atoms in total. The Kier molecular flexibility index (Phi) is 4.88. The zero-order valence-electron chi connectivity index (χ0n) is 13.6. The lowest BCUT2D eigenvalue weighted by Crippen LogP contribution is -2.48. The Hall–Kier alpha value is -0.570. The largest absolute Gasteiger partial charge is 0.342 e. The number of carbonyl (C=O) groups excluding carboxylic acids is 1. The van der Waals surface area contributed by atoms with E-state index in [1.807, 2.05) is 0 Å². The number of nitrogens with zero attached hydrogens (tertiary/aromatic N) is 1. The number of piperidine rings is 1. The Labute approximate surface area is 129 Å². The van der Waals surface area contributed by atoms with E-state index in [4.69, 9.17) is 5.73 Å². The second kappa shape index (κ2) is 6.68. The SMILES string of the molecule is CC(N)C1CCCN(C(=O)C2CCC3CCCCC3C2)C1. The van der Waals surface area contributed by atoms with E-state index in [9.17, 15) is 4.79 Å². The maximum atomic E-state index is 12.9. The topological polar surface area (TPSA) is 46.3 Å². The Bertz CT molecular complexity index is 368. The number of likely N-dealkylation sites (tertiary alicyclic amines) is 1. The lowest BCUT2D eigenvalue weighted by Gasteiger charge is -2.42. The molecule has 5 unspecified atom stereocenters. The van der Waals surface area contributed by atoms with Crippen LogP contribution in [0.3, 0.4) is 0 Å². The molecule has 3 aliphatic rings. The maximum absolute atomic E-state index is 12.9. The molecule has 5 atom stereocenters. The van der Waals surface area contributed by atoms with E-state index in [2.05, 4.69) is 11.8 Å². The molecule has 1 heterocycles. The molecule has 2 N–H and O–H groups in total. The van der Waals surface area contributed by atoms with Crippen molar-refractivity contribution in [3.8, 4) is 0 Å². The molecule has 3 heteroatoms. The zero-order valence-corrected chi connectivity index (χ0v) is 13.6. The van der Waals surface area contributed by atoms with Crippen LogP contribution < -0.4 is 5.73 Å². The number of fused-ring (bicyclic) bond motifs is 1. The Morgan fingerprint density at radius 1 is 1.05 bits per heavy atom. The predicted octanol–water partition coefficient (Wildman–Crippen LogP) is 3.18. The molecule has 0 radical (unpaired) electrons. The number of rotatable bonds is 2. The van der Waals surface area contributed by atoms with E-state index in [1.54, 1.807) is 0 Å². The van der Waals surface area contributed by atoms with Crippen LogP contribution in [-0.2, 0) is 4.79 Å². The van der Waals surface area contributed by atoms with E-state index in [1.165, 1.54) is 44.9 Å². The lowest BCUT2D eigenvalue weighted by molar-refractivity contribution is -0.139. The van der Waals surface area contributed by atoms with Gasteiger partial charge in [-0.05, 0) is 56.8 Å². The summed E-state index contributed by atoms with van der Waals surface area (Å²) in [6, 6.07) is 0.217. The van der Waals surface area contributed by atoms with Crippen molar-refractivity contribution in [2.75, 3.05) is 13.1 Å². The van der Waals surface area contributed by atoms with Crippen molar-refractivity contribution in [1.82, 2.24) is 4.90 Å². The summed E-state index contributed by atoms with van der Waals surface area (Å²) in [6.07, 6.45) is 11.5. The number of hydrogen-bond donors (Lipinski definition) is 1. The molecule has 21 heavy (non-hydrogen) atoms. The van der Waals surface area contributed by atoms with Gasteiger partial charge in [0.2, 0.25) is 5.91 Å². The third-order valence-corrected chi connectivity index (χ3v) is 6.40. The highest BCUT2D eigenvalue weighted by Gasteiger charge is 2.37. The number of hydrogen-bond acceptors (Lipinski definition) is 2. The highest BCUT2D eigenvalue weighted by molar-refractivity contribution is 5.79. The average molecular weight is 292 g/mol. The monoisotopic (exact) mass is 292 g/mol. The van der Waals surface area contributed by atoms with Gasteiger partial charge in [-0.15, -0.1) is 0 Å². The first-order valence-corrected chi connectivity index (χ1v) is 9.19. The van der Waals surface area contributed by atoms with Gasteiger partial charge in [-0.1, -0.05) is 25.7 Å². The van der Waals surface area contributed by atoms with Crippen molar-refractivity contribution in [3.05, 3.63) is 0 Å². The van der Waals surface area contributed by atoms with Gasteiger partial charge in [-0.3, -0.25) is 4.79 Å². The van der Waals surface area contributed by atoms with E-state index in [-0.39, 0.29) is 6.04 Å². The van der Waals surface area contributed by atoms with Crippen LogP contribution in [0.1, 0.15) is 64.7 Å². The van der Waals surface area contributed by atoms with Crippen LogP contribution >= 0.6 is 0 Å². The molecule has 2 saturated carbocycles. The van der Waals surface area contributed by atoms with E-state index < -0.39 is 0 Å². The minimum absolute atomic E-state index is 0.217. The van der Waals surface area contributed by atoms with E-state index in [0.717, 1.165) is 37.8 Å². The molecule has 1 amide bonds. The third kappa shape index (κ3) is 3.44. The molecule has 0 bridgehead atoms. The predicted molar refractivity (Wildman–Crippen MR) is 85.7 cm³/mol. The molecule has 3 fully saturated rings. The second-order valence-electron chi connectivity index (χ2n) is 7.86. The summed E-state index contributed by atoms with van der Waals surface area (Å²) >= 11 is 0. The van der Waals surface area contributed by atoms with Crippen molar-refractivity contribution in [2.45, 2.75) is 70.8 Å². The first-order valence-electron chi connectivity index (χ1n) is 9.19. The molecule has 0 aromatic carbocycles. The summed E-state index contributed by atoms with van der Waals surface area (Å²) in [6.45, 7) is 3.96. The quantitative estimate of drug-likeness (QED) is 0.849. The number of nitrogens with two attached hydrogens (primary N) is 1. The van der Waals surface area contributed by atoms with E-state index >= 15 is 0 Å². The summed E-state index contributed by atoms with van der Waals surface area (Å²) in [5.41, 5.74) is 6.06. The van der Waals surface area contributed by atoms with Gasteiger partial charge in [0.1, 0.15) is 0 Å². The highest BCUT2D eigenvalue weighted by Crippen LogP contribution is 2.43. The molecule has 0 aromatic heterocycles. The molecular formula is C18H32N2O. The number of carbonyl (C=O) groups is 1.